The van der Waals surface area contributed by atoms with Crippen LogP contribution in [0, 0.1) is 0 Å². The van der Waals surface area contributed by atoms with Crippen LogP contribution in [0.15, 0.2) is 42.5 Å². The van der Waals surface area contributed by atoms with Gasteiger partial charge in [-0.25, -0.2) is 0 Å². The molecule has 1 atom stereocenters. The van der Waals surface area contributed by atoms with E-state index < -0.39 is 6.04 Å². The summed E-state index contributed by atoms with van der Waals surface area (Å²) in [7, 11) is 0. The Balaban J connectivity index is 1.84. The molecule has 106 valence electrons. The molecule has 0 fully saturated rings. The lowest BCUT2D eigenvalue weighted by Crippen LogP contribution is -2.18. The Morgan fingerprint density at radius 2 is 2.00 bits per heavy atom. The van der Waals surface area contributed by atoms with Gasteiger partial charge in [0.25, 0.3) is 0 Å². The number of thiophene rings is 1. The Kier molecular flexibility index (Phi) is 3.81. The SMILES string of the molecule is CC(C(=O)c1ccc(Cl)s1)n1nnc(-c2ccccc2)n1. The minimum Gasteiger partial charge on any atom is -0.291 e. The number of aromatic nitrogens is 4. The molecular weight excluding hydrogens is 308 g/mol. The molecule has 0 aliphatic rings. The maximum Gasteiger partial charge on any atom is 0.204 e. The van der Waals surface area contributed by atoms with Gasteiger partial charge in [-0.05, 0) is 24.3 Å². The Morgan fingerprint density at radius 3 is 2.67 bits per heavy atom. The van der Waals surface area contributed by atoms with Crippen LogP contribution in [0.25, 0.3) is 11.4 Å². The number of benzene rings is 1. The van der Waals surface area contributed by atoms with Crippen molar-refractivity contribution in [3.05, 3.63) is 51.7 Å². The van der Waals surface area contributed by atoms with Gasteiger partial charge in [0.05, 0.1) is 9.21 Å². The van der Waals surface area contributed by atoms with Gasteiger partial charge in [-0.15, -0.1) is 21.5 Å². The third kappa shape index (κ3) is 2.86. The van der Waals surface area contributed by atoms with Crippen molar-refractivity contribution in [3.63, 3.8) is 0 Å². The summed E-state index contributed by atoms with van der Waals surface area (Å²) in [5.74, 6) is 0.420. The van der Waals surface area contributed by atoms with E-state index in [0.717, 1.165) is 5.56 Å². The first-order valence-electron chi connectivity index (χ1n) is 6.29. The summed E-state index contributed by atoms with van der Waals surface area (Å²) in [6.45, 7) is 1.74. The van der Waals surface area contributed by atoms with E-state index in [1.165, 1.54) is 16.1 Å². The topological polar surface area (TPSA) is 60.7 Å². The molecule has 1 aromatic carbocycles. The van der Waals surface area contributed by atoms with Crippen molar-refractivity contribution in [2.45, 2.75) is 13.0 Å². The second-order valence-electron chi connectivity index (χ2n) is 4.44. The van der Waals surface area contributed by atoms with Gasteiger partial charge >= 0.3 is 0 Å². The number of Topliss-reactive ketones (excluding diaryl/α,β-unsaturated/α-hetero) is 1. The molecule has 0 saturated carbocycles. The molecular formula is C14H11ClN4OS. The van der Waals surface area contributed by atoms with Crippen LogP contribution < -0.4 is 0 Å². The van der Waals surface area contributed by atoms with Gasteiger partial charge in [0.2, 0.25) is 5.82 Å². The number of nitrogens with zero attached hydrogens (tertiary/aromatic N) is 4. The van der Waals surface area contributed by atoms with Crippen LogP contribution in [0.1, 0.15) is 22.6 Å². The van der Waals surface area contributed by atoms with Crippen LogP contribution in [0.3, 0.4) is 0 Å². The van der Waals surface area contributed by atoms with E-state index in [1.807, 2.05) is 30.3 Å². The zero-order valence-electron chi connectivity index (χ0n) is 11.1. The summed E-state index contributed by atoms with van der Waals surface area (Å²) in [6.07, 6.45) is 0. The first-order chi connectivity index (χ1) is 10.1. The number of halogens is 1. The Hall–Kier alpha value is -2.05. The first kappa shape index (κ1) is 13.9. The van der Waals surface area contributed by atoms with E-state index in [2.05, 4.69) is 15.4 Å². The Morgan fingerprint density at radius 1 is 1.24 bits per heavy atom. The van der Waals surface area contributed by atoms with E-state index in [0.29, 0.717) is 15.0 Å². The number of carbonyl (C=O) groups excluding carboxylic acids is 1. The van der Waals surface area contributed by atoms with Crippen LogP contribution >= 0.6 is 22.9 Å². The van der Waals surface area contributed by atoms with E-state index in [4.69, 9.17) is 11.6 Å². The van der Waals surface area contributed by atoms with Crippen LogP contribution in [-0.2, 0) is 0 Å². The molecule has 7 heteroatoms. The highest BCUT2D eigenvalue weighted by atomic mass is 35.5. The predicted octanol–water partition coefficient (Wildman–Crippen LogP) is 3.50. The molecule has 0 bridgehead atoms. The highest BCUT2D eigenvalue weighted by molar-refractivity contribution is 7.18. The summed E-state index contributed by atoms with van der Waals surface area (Å²) in [4.78, 5) is 14.2. The molecule has 0 N–H and O–H groups in total. The average Bonchev–Trinajstić information content (AvgIpc) is 3.16. The van der Waals surface area contributed by atoms with Gasteiger partial charge in [0, 0.05) is 5.56 Å². The fraction of sp³-hybridized carbons (Fsp3) is 0.143. The lowest BCUT2D eigenvalue weighted by Gasteiger charge is -2.06. The van der Waals surface area contributed by atoms with Gasteiger partial charge < -0.3 is 0 Å². The molecule has 2 heterocycles. The van der Waals surface area contributed by atoms with Crippen molar-refractivity contribution in [1.29, 1.82) is 0 Å². The third-order valence-electron chi connectivity index (χ3n) is 3.00. The normalized spacial score (nSPS) is 12.3. The van der Waals surface area contributed by atoms with Gasteiger partial charge in [-0.1, -0.05) is 41.9 Å². The highest BCUT2D eigenvalue weighted by Gasteiger charge is 2.21. The quantitative estimate of drug-likeness (QED) is 0.691. The second-order valence-corrected chi connectivity index (χ2v) is 6.16. The van der Waals surface area contributed by atoms with Gasteiger partial charge in [-0.3, -0.25) is 4.79 Å². The van der Waals surface area contributed by atoms with E-state index in [1.54, 1.807) is 19.1 Å². The number of hydrogen-bond acceptors (Lipinski definition) is 5. The fourth-order valence-corrected chi connectivity index (χ4v) is 2.92. The zero-order valence-corrected chi connectivity index (χ0v) is 12.7. The maximum absolute atomic E-state index is 12.3. The fourth-order valence-electron chi connectivity index (χ4n) is 1.85. The smallest absolute Gasteiger partial charge is 0.204 e. The largest absolute Gasteiger partial charge is 0.291 e. The van der Waals surface area contributed by atoms with Crippen molar-refractivity contribution in [2.75, 3.05) is 0 Å². The number of rotatable bonds is 4. The summed E-state index contributed by atoms with van der Waals surface area (Å²) in [5.41, 5.74) is 0.863. The maximum atomic E-state index is 12.3. The van der Waals surface area contributed by atoms with Crippen molar-refractivity contribution in [2.24, 2.45) is 0 Å². The summed E-state index contributed by atoms with van der Waals surface area (Å²) >= 11 is 7.10. The standard InChI is InChI=1S/C14H11ClN4OS/c1-9(13(20)11-7-8-12(15)21-11)19-17-14(16-18-19)10-5-3-2-4-6-10/h2-9H,1H3. The number of hydrogen-bond donors (Lipinski definition) is 0. The van der Waals surface area contributed by atoms with Crippen LogP contribution in [-0.4, -0.2) is 26.0 Å². The van der Waals surface area contributed by atoms with Crippen LogP contribution in [0.5, 0.6) is 0 Å². The lowest BCUT2D eigenvalue weighted by atomic mass is 10.2. The lowest BCUT2D eigenvalue weighted by molar-refractivity contribution is 0.0922. The van der Waals surface area contributed by atoms with E-state index in [9.17, 15) is 4.79 Å². The average molecular weight is 319 g/mol. The minimum absolute atomic E-state index is 0.0797. The number of tetrazole rings is 1. The van der Waals surface area contributed by atoms with Gasteiger partial charge in [-0.2, -0.15) is 4.80 Å². The number of ketones is 1. The predicted molar refractivity (Wildman–Crippen MR) is 81.6 cm³/mol. The number of carbonyl (C=O) groups is 1. The molecule has 21 heavy (non-hydrogen) atoms. The summed E-state index contributed by atoms with van der Waals surface area (Å²) < 4.78 is 0.585. The Bertz CT molecular complexity index is 768. The molecule has 0 aliphatic heterocycles. The Labute approximate surface area is 130 Å². The van der Waals surface area contributed by atoms with E-state index in [-0.39, 0.29) is 5.78 Å². The first-order valence-corrected chi connectivity index (χ1v) is 7.49. The minimum atomic E-state index is -0.523. The van der Waals surface area contributed by atoms with Crippen molar-refractivity contribution < 1.29 is 4.79 Å². The second kappa shape index (κ2) is 5.75. The van der Waals surface area contributed by atoms with Gasteiger partial charge in [0.1, 0.15) is 6.04 Å². The highest BCUT2D eigenvalue weighted by Crippen LogP contribution is 2.25. The van der Waals surface area contributed by atoms with Crippen LogP contribution in [0.2, 0.25) is 4.34 Å². The summed E-state index contributed by atoms with van der Waals surface area (Å²) in [5, 5.41) is 12.2. The van der Waals surface area contributed by atoms with Crippen molar-refractivity contribution in [3.8, 4) is 11.4 Å². The summed E-state index contributed by atoms with van der Waals surface area (Å²) in [6, 6.07) is 12.4. The van der Waals surface area contributed by atoms with Crippen molar-refractivity contribution in [1.82, 2.24) is 20.2 Å². The van der Waals surface area contributed by atoms with Crippen molar-refractivity contribution >= 4 is 28.7 Å². The monoisotopic (exact) mass is 318 g/mol. The molecule has 0 aliphatic carbocycles. The molecule has 3 rings (SSSR count). The van der Waals surface area contributed by atoms with E-state index >= 15 is 0 Å². The van der Waals surface area contributed by atoms with Crippen LogP contribution in [0.4, 0.5) is 0 Å². The molecule has 0 amide bonds. The molecule has 0 saturated heterocycles. The molecule has 0 radical (unpaired) electrons. The molecule has 0 spiro atoms. The molecule has 2 aromatic heterocycles. The van der Waals surface area contributed by atoms with Gasteiger partial charge in [0.15, 0.2) is 5.78 Å². The molecule has 1 unspecified atom stereocenters. The molecule has 3 aromatic rings. The third-order valence-corrected chi connectivity index (χ3v) is 4.25. The molecule has 5 nitrogen and oxygen atoms in total. The zero-order chi connectivity index (χ0) is 14.8.